The van der Waals surface area contributed by atoms with Crippen molar-refractivity contribution in [1.29, 1.82) is 0 Å². The Balaban J connectivity index is 1.49. The van der Waals surface area contributed by atoms with Gasteiger partial charge < -0.3 is 27.0 Å². The summed E-state index contributed by atoms with van der Waals surface area (Å²) in [6.45, 7) is 0.677. The Kier molecular flexibility index (Phi) is 5.69. The highest BCUT2D eigenvalue weighted by Gasteiger charge is 2.31. The van der Waals surface area contributed by atoms with E-state index in [1.165, 1.54) is 31.0 Å². The van der Waals surface area contributed by atoms with Crippen LogP contribution in [-0.2, 0) is 0 Å². The smallest absolute Gasteiger partial charge is 0.252 e. The number of primary amides is 1. The number of nitrogens with one attached hydrogen (secondary N) is 2. The van der Waals surface area contributed by atoms with Gasteiger partial charge in [0.2, 0.25) is 0 Å². The molecule has 3 aromatic rings. The SMILES string of the molecule is NC(=O)c1cnc(Nc2cnccn2)cc1N[C@@H]1CCN(c2cnc(N)cn2)C[C@@H]1F. The molecule has 1 amide bonds. The number of nitrogens with two attached hydrogens (primary N) is 2. The van der Waals surface area contributed by atoms with Gasteiger partial charge in [-0.05, 0) is 6.42 Å². The number of nitrogen functional groups attached to an aromatic ring is 1. The van der Waals surface area contributed by atoms with Gasteiger partial charge >= 0.3 is 0 Å². The van der Waals surface area contributed by atoms with Gasteiger partial charge in [-0.15, -0.1) is 0 Å². The zero-order valence-corrected chi connectivity index (χ0v) is 16.4. The minimum absolute atomic E-state index is 0.123. The minimum atomic E-state index is -1.22. The highest BCUT2D eigenvalue weighted by Crippen LogP contribution is 2.26. The molecule has 31 heavy (non-hydrogen) atoms. The van der Waals surface area contributed by atoms with Crippen LogP contribution in [0, 0.1) is 0 Å². The first kappa shape index (κ1) is 20.2. The van der Waals surface area contributed by atoms with Crippen LogP contribution in [0.3, 0.4) is 0 Å². The molecule has 2 atom stereocenters. The van der Waals surface area contributed by atoms with Crippen molar-refractivity contribution in [3.63, 3.8) is 0 Å². The number of piperidine rings is 1. The molecule has 0 bridgehead atoms. The van der Waals surface area contributed by atoms with Crippen LogP contribution in [-0.4, -0.2) is 56.1 Å². The van der Waals surface area contributed by atoms with E-state index < -0.39 is 18.1 Å². The van der Waals surface area contributed by atoms with Crippen LogP contribution >= 0.6 is 0 Å². The van der Waals surface area contributed by atoms with Crippen molar-refractivity contribution in [2.45, 2.75) is 18.6 Å². The number of carbonyl (C=O) groups excluding carboxylic acids is 1. The molecule has 6 N–H and O–H groups in total. The fourth-order valence-electron chi connectivity index (χ4n) is 3.30. The van der Waals surface area contributed by atoms with Crippen molar-refractivity contribution in [3.05, 3.63) is 48.8 Å². The highest BCUT2D eigenvalue weighted by atomic mass is 19.1. The second-order valence-electron chi connectivity index (χ2n) is 7.00. The van der Waals surface area contributed by atoms with Crippen LogP contribution in [0.4, 0.5) is 33.3 Å². The number of carbonyl (C=O) groups is 1. The number of nitrogens with zero attached hydrogens (tertiary/aromatic N) is 6. The third kappa shape index (κ3) is 4.74. The van der Waals surface area contributed by atoms with Gasteiger partial charge in [0.25, 0.3) is 5.91 Å². The molecule has 0 saturated carbocycles. The van der Waals surface area contributed by atoms with Gasteiger partial charge in [-0.1, -0.05) is 0 Å². The predicted octanol–water partition coefficient (Wildman–Crippen LogP) is 1.12. The standard InChI is InChI=1S/C19H21FN10O/c20-12-10-30(18-9-25-15(21)7-27-18)4-1-13(12)28-14-5-16(26-6-11(14)19(22)31)29-17-8-23-2-3-24-17/h2-3,5-9,12-13H,1,4,10H2,(H2,21,25)(H2,22,31)(H2,24,26,28,29)/t12-,13+/m0/s1. The van der Waals surface area contributed by atoms with E-state index in [-0.39, 0.29) is 12.1 Å². The summed E-state index contributed by atoms with van der Waals surface area (Å²) in [5.74, 6) is 1.10. The normalized spacial score (nSPS) is 18.4. The summed E-state index contributed by atoms with van der Waals surface area (Å²) in [5.41, 5.74) is 11.6. The Bertz CT molecular complexity index is 1050. The second kappa shape index (κ2) is 8.73. The maximum absolute atomic E-state index is 15.0. The molecule has 1 aliphatic rings. The highest BCUT2D eigenvalue weighted by molar-refractivity contribution is 5.98. The number of rotatable bonds is 6. The van der Waals surface area contributed by atoms with Crippen LogP contribution in [0.5, 0.6) is 0 Å². The van der Waals surface area contributed by atoms with E-state index in [9.17, 15) is 9.18 Å². The molecular weight excluding hydrogens is 403 g/mol. The zero-order chi connectivity index (χ0) is 21.8. The number of aromatic nitrogens is 5. The van der Waals surface area contributed by atoms with Crippen LogP contribution in [0.15, 0.2) is 43.2 Å². The Labute approximate surface area is 177 Å². The first-order valence-electron chi connectivity index (χ1n) is 9.55. The van der Waals surface area contributed by atoms with E-state index in [1.807, 2.05) is 0 Å². The summed E-state index contributed by atoms with van der Waals surface area (Å²) in [6, 6.07) is 1.07. The molecule has 3 aromatic heterocycles. The number of amides is 1. The quantitative estimate of drug-likeness (QED) is 0.451. The molecule has 1 fully saturated rings. The van der Waals surface area contributed by atoms with Crippen molar-refractivity contribution >= 4 is 34.9 Å². The lowest BCUT2D eigenvalue weighted by Gasteiger charge is -2.36. The lowest BCUT2D eigenvalue weighted by atomic mass is 10.0. The molecule has 0 spiro atoms. The van der Waals surface area contributed by atoms with E-state index in [0.717, 1.165) is 0 Å². The number of hydrogen-bond donors (Lipinski definition) is 4. The van der Waals surface area contributed by atoms with Crippen LogP contribution in [0.1, 0.15) is 16.8 Å². The Morgan fingerprint density at radius 3 is 2.65 bits per heavy atom. The van der Waals surface area contributed by atoms with Gasteiger partial charge in [-0.25, -0.2) is 24.3 Å². The summed E-state index contributed by atoms with van der Waals surface area (Å²) < 4.78 is 15.0. The lowest BCUT2D eigenvalue weighted by Crippen LogP contribution is -2.48. The molecule has 12 heteroatoms. The third-order valence-corrected chi connectivity index (χ3v) is 4.85. The topological polar surface area (TPSA) is 161 Å². The van der Waals surface area contributed by atoms with Gasteiger partial charge in [0.05, 0.1) is 42.4 Å². The van der Waals surface area contributed by atoms with Gasteiger partial charge in [0, 0.05) is 31.2 Å². The minimum Gasteiger partial charge on any atom is -0.382 e. The molecule has 4 rings (SSSR count). The van der Waals surface area contributed by atoms with E-state index in [2.05, 4.69) is 35.6 Å². The molecule has 1 saturated heterocycles. The molecule has 0 unspecified atom stereocenters. The van der Waals surface area contributed by atoms with Gasteiger partial charge in [-0.3, -0.25) is 9.78 Å². The van der Waals surface area contributed by atoms with Gasteiger partial charge in [-0.2, -0.15) is 0 Å². The molecule has 0 radical (unpaired) electrons. The van der Waals surface area contributed by atoms with E-state index in [1.54, 1.807) is 17.2 Å². The molecule has 4 heterocycles. The predicted molar refractivity (Wildman–Crippen MR) is 114 cm³/mol. The van der Waals surface area contributed by atoms with Gasteiger partial charge in [0.15, 0.2) is 0 Å². The molecular formula is C19H21FN10O. The van der Waals surface area contributed by atoms with E-state index in [4.69, 9.17) is 11.5 Å². The molecule has 0 aromatic carbocycles. The van der Waals surface area contributed by atoms with Crippen LogP contribution < -0.4 is 27.0 Å². The summed E-state index contributed by atoms with van der Waals surface area (Å²) in [5, 5.41) is 6.10. The largest absolute Gasteiger partial charge is 0.382 e. The van der Waals surface area contributed by atoms with Crippen molar-refractivity contribution in [2.75, 3.05) is 34.4 Å². The molecule has 160 valence electrons. The average Bonchev–Trinajstić information content (AvgIpc) is 2.76. The summed E-state index contributed by atoms with van der Waals surface area (Å²) in [6.07, 6.45) is 8.17. The van der Waals surface area contributed by atoms with Crippen molar-refractivity contribution in [1.82, 2.24) is 24.9 Å². The maximum Gasteiger partial charge on any atom is 0.252 e. The third-order valence-electron chi connectivity index (χ3n) is 4.85. The number of hydrogen-bond acceptors (Lipinski definition) is 10. The monoisotopic (exact) mass is 424 g/mol. The fraction of sp³-hybridized carbons (Fsp3) is 0.263. The first-order valence-corrected chi connectivity index (χ1v) is 9.55. The molecule has 0 aliphatic carbocycles. The first-order chi connectivity index (χ1) is 15.0. The van der Waals surface area contributed by atoms with Crippen molar-refractivity contribution < 1.29 is 9.18 Å². The fourth-order valence-corrected chi connectivity index (χ4v) is 3.30. The molecule has 1 aliphatic heterocycles. The lowest BCUT2D eigenvalue weighted by molar-refractivity contribution is 0.100. The van der Waals surface area contributed by atoms with E-state index in [0.29, 0.717) is 41.9 Å². The Hall–Kier alpha value is -4.09. The van der Waals surface area contributed by atoms with Crippen molar-refractivity contribution in [3.8, 4) is 0 Å². The number of alkyl halides is 1. The zero-order valence-electron chi connectivity index (χ0n) is 16.4. The molecule has 11 nitrogen and oxygen atoms in total. The van der Waals surface area contributed by atoms with Crippen LogP contribution in [0.2, 0.25) is 0 Å². The second-order valence-corrected chi connectivity index (χ2v) is 7.00. The average molecular weight is 424 g/mol. The summed E-state index contributed by atoms with van der Waals surface area (Å²) in [4.78, 5) is 34.1. The summed E-state index contributed by atoms with van der Waals surface area (Å²) >= 11 is 0. The van der Waals surface area contributed by atoms with Crippen molar-refractivity contribution in [2.24, 2.45) is 5.73 Å². The Morgan fingerprint density at radius 1 is 1.10 bits per heavy atom. The summed E-state index contributed by atoms with van der Waals surface area (Å²) in [7, 11) is 0. The van der Waals surface area contributed by atoms with E-state index >= 15 is 0 Å². The number of halogens is 1. The van der Waals surface area contributed by atoms with Gasteiger partial charge in [0.1, 0.15) is 29.4 Å². The van der Waals surface area contributed by atoms with Crippen LogP contribution in [0.25, 0.3) is 0 Å². The number of pyridine rings is 1. The number of anilines is 5. The maximum atomic E-state index is 15.0. The Morgan fingerprint density at radius 2 is 1.97 bits per heavy atom.